The number of ether oxygens (including phenoxy) is 1. The Kier molecular flexibility index (Phi) is 5.87. The van der Waals surface area contributed by atoms with Crippen molar-refractivity contribution in [1.29, 1.82) is 0 Å². The zero-order valence-corrected chi connectivity index (χ0v) is 16.7. The van der Waals surface area contributed by atoms with Gasteiger partial charge in [-0.05, 0) is 62.7 Å². The minimum absolute atomic E-state index is 0.256. The van der Waals surface area contributed by atoms with Crippen LogP contribution in [0, 0.1) is 20.8 Å². The Labute approximate surface area is 169 Å². The Hall–Kier alpha value is -3.74. The number of amides is 1. The summed E-state index contributed by atoms with van der Waals surface area (Å²) in [6, 6.07) is 14.2. The Morgan fingerprint density at radius 1 is 0.931 bits per heavy atom. The minimum atomic E-state index is -0.409. The lowest BCUT2D eigenvalue weighted by molar-refractivity contribution is 0.0600. The Morgan fingerprint density at radius 3 is 2.31 bits per heavy atom. The van der Waals surface area contributed by atoms with E-state index in [9.17, 15) is 9.59 Å². The third kappa shape index (κ3) is 4.95. The largest absolute Gasteiger partial charge is 0.465 e. The highest BCUT2D eigenvalue weighted by Crippen LogP contribution is 2.19. The molecule has 2 aromatic carbocycles. The van der Waals surface area contributed by atoms with Crippen LogP contribution in [0.3, 0.4) is 0 Å². The second-order valence-corrected chi connectivity index (χ2v) is 6.68. The third-order valence-electron chi connectivity index (χ3n) is 4.28. The zero-order valence-electron chi connectivity index (χ0n) is 16.7. The van der Waals surface area contributed by atoms with E-state index in [4.69, 9.17) is 0 Å². The van der Waals surface area contributed by atoms with Crippen molar-refractivity contribution in [1.82, 2.24) is 9.97 Å². The van der Waals surface area contributed by atoms with E-state index in [-0.39, 0.29) is 11.6 Å². The van der Waals surface area contributed by atoms with E-state index in [1.165, 1.54) is 7.11 Å². The maximum atomic E-state index is 12.7. The summed E-state index contributed by atoms with van der Waals surface area (Å²) < 4.78 is 4.69. The highest BCUT2D eigenvalue weighted by atomic mass is 16.5. The number of nitrogens with one attached hydrogen (secondary N) is 2. The molecule has 7 nitrogen and oxygen atoms in total. The van der Waals surface area contributed by atoms with Gasteiger partial charge < -0.3 is 15.4 Å². The fraction of sp³-hybridized carbons (Fsp3) is 0.182. The fourth-order valence-corrected chi connectivity index (χ4v) is 2.82. The van der Waals surface area contributed by atoms with Crippen LogP contribution in [-0.4, -0.2) is 29.0 Å². The first-order valence-corrected chi connectivity index (χ1v) is 9.05. The minimum Gasteiger partial charge on any atom is -0.465 e. The van der Waals surface area contributed by atoms with Crippen LogP contribution in [0.15, 0.2) is 48.5 Å². The molecule has 0 bridgehead atoms. The van der Waals surface area contributed by atoms with Crippen molar-refractivity contribution >= 4 is 29.2 Å². The molecular weight excluding hydrogens is 368 g/mol. The van der Waals surface area contributed by atoms with Crippen LogP contribution in [0.1, 0.15) is 37.7 Å². The zero-order chi connectivity index (χ0) is 21.0. The predicted octanol–water partition coefficient (Wildman–Crippen LogP) is 4.18. The quantitative estimate of drug-likeness (QED) is 0.635. The molecule has 1 amide bonds. The summed E-state index contributed by atoms with van der Waals surface area (Å²) in [5, 5.41) is 5.94. The molecule has 148 valence electrons. The summed E-state index contributed by atoms with van der Waals surface area (Å²) in [5.74, 6) is -0.429. The molecule has 0 aliphatic rings. The second-order valence-electron chi connectivity index (χ2n) is 6.68. The number of benzene rings is 2. The van der Waals surface area contributed by atoms with Crippen molar-refractivity contribution in [3.63, 3.8) is 0 Å². The molecule has 1 heterocycles. The molecule has 0 radical (unpaired) electrons. The third-order valence-corrected chi connectivity index (χ3v) is 4.28. The van der Waals surface area contributed by atoms with Crippen LogP contribution in [0.25, 0.3) is 0 Å². The van der Waals surface area contributed by atoms with Crippen molar-refractivity contribution in [2.45, 2.75) is 20.8 Å². The Morgan fingerprint density at radius 2 is 1.66 bits per heavy atom. The molecule has 0 spiro atoms. The van der Waals surface area contributed by atoms with Gasteiger partial charge in [-0.25, -0.2) is 14.8 Å². The first kappa shape index (κ1) is 20.0. The van der Waals surface area contributed by atoms with E-state index in [2.05, 4.69) is 25.3 Å². The van der Waals surface area contributed by atoms with Crippen molar-refractivity contribution < 1.29 is 14.3 Å². The van der Waals surface area contributed by atoms with Gasteiger partial charge in [0.2, 0.25) is 5.95 Å². The molecule has 0 saturated heterocycles. The Balaban J connectivity index is 1.78. The van der Waals surface area contributed by atoms with Crippen LogP contribution >= 0.6 is 0 Å². The summed E-state index contributed by atoms with van der Waals surface area (Å²) >= 11 is 0. The highest BCUT2D eigenvalue weighted by Gasteiger charge is 2.13. The summed E-state index contributed by atoms with van der Waals surface area (Å²) in [5.41, 5.74) is 4.88. The molecule has 1 aromatic heterocycles. The molecule has 0 saturated carbocycles. The lowest BCUT2D eigenvalue weighted by Gasteiger charge is -2.11. The van der Waals surface area contributed by atoms with Gasteiger partial charge >= 0.3 is 5.97 Å². The normalized spacial score (nSPS) is 10.3. The SMILES string of the molecule is COC(=O)c1ccc(Nc2nc(C)cc(C(=O)Nc3ccc(C)cc3C)n2)cc1. The van der Waals surface area contributed by atoms with Gasteiger partial charge in [0, 0.05) is 17.1 Å². The van der Waals surface area contributed by atoms with E-state index in [1.807, 2.05) is 32.0 Å². The van der Waals surface area contributed by atoms with Gasteiger partial charge in [-0.3, -0.25) is 4.79 Å². The summed E-state index contributed by atoms with van der Waals surface area (Å²) in [7, 11) is 1.33. The van der Waals surface area contributed by atoms with E-state index < -0.39 is 5.97 Å². The fourth-order valence-electron chi connectivity index (χ4n) is 2.82. The van der Waals surface area contributed by atoms with Crippen LogP contribution in [-0.2, 0) is 4.74 Å². The number of aromatic nitrogens is 2. The van der Waals surface area contributed by atoms with Gasteiger partial charge in [0.1, 0.15) is 5.69 Å². The molecule has 0 unspecified atom stereocenters. The molecule has 3 rings (SSSR count). The maximum absolute atomic E-state index is 12.7. The first-order chi connectivity index (χ1) is 13.9. The average molecular weight is 390 g/mol. The van der Waals surface area contributed by atoms with Gasteiger partial charge in [-0.15, -0.1) is 0 Å². The van der Waals surface area contributed by atoms with Crippen LogP contribution < -0.4 is 10.6 Å². The van der Waals surface area contributed by atoms with Crippen LogP contribution in [0.5, 0.6) is 0 Å². The van der Waals surface area contributed by atoms with Crippen LogP contribution in [0.2, 0.25) is 0 Å². The number of rotatable bonds is 5. The van der Waals surface area contributed by atoms with Crippen molar-refractivity contribution in [2.75, 3.05) is 17.7 Å². The molecule has 0 fully saturated rings. The molecule has 0 atom stereocenters. The predicted molar refractivity (Wildman–Crippen MR) is 112 cm³/mol. The van der Waals surface area contributed by atoms with Crippen molar-refractivity contribution in [3.05, 3.63) is 76.6 Å². The lowest BCUT2D eigenvalue weighted by atomic mass is 10.1. The lowest BCUT2D eigenvalue weighted by Crippen LogP contribution is -2.16. The average Bonchev–Trinajstić information content (AvgIpc) is 2.69. The number of anilines is 3. The molecule has 7 heteroatoms. The smallest absolute Gasteiger partial charge is 0.337 e. The number of hydrogen-bond acceptors (Lipinski definition) is 6. The molecule has 29 heavy (non-hydrogen) atoms. The Bertz CT molecular complexity index is 1060. The number of nitrogens with zero attached hydrogens (tertiary/aromatic N) is 2. The van der Waals surface area contributed by atoms with Crippen molar-refractivity contribution in [3.8, 4) is 0 Å². The standard InChI is InChI=1S/C22H22N4O3/c1-13-5-10-18(14(2)11-13)25-20(27)19-12-15(3)23-22(26-19)24-17-8-6-16(7-9-17)21(28)29-4/h5-12H,1-4H3,(H,25,27)(H,23,24,26). The van der Waals surface area contributed by atoms with E-state index >= 15 is 0 Å². The number of esters is 1. The van der Waals surface area contributed by atoms with Crippen LogP contribution in [0.4, 0.5) is 17.3 Å². The number of aryl methyl sites for hydroxylation is 3. The number of carbonyl (C=O) groups excluding carboxylic acids is 2. The summed E-state index contributed by atoms with van der Waals surface area (Å²) in [6.07, 6.45) is 0. The van der Waals surface area contributed by atoms with E-state index in [0.29, 0.717) is 22.9 Å². The second kappa shape index (κ2) is 8.52. The number of hydrogen-bond donors (Lipinski definition) is 2. The van der Waals surface area contributed by atoms with Gasteiger partial charge in [0.05, 0.1) is 12.7 Å². The maximum Gasteiger partial charge on any atom is 0.337 e. The molecule has 3 aromatic rings. The summed E-state index contributed by atoms with van der Waals surface area (Å²) in [4.78, 5) is 32.9. The first-order valence-electron chi connectivity index (χ1n) is 9.05. The number of methoxy groups -OCH3 is 1. The molecule has 0 aliphatic carbocycles. The summed E-state index contributed by atoms with van der Waals surface area (Å²) in [6.45, 7) is 5.74. The number of carbonyl (C=O) groups is 2. The van der Waals surface area contributed by atoms with Crippen molar-refractivity contribution in [2.24, 2.45) is 0 Å². The molecular formula is C22H22N4O3. The van der Waals surface area contributed by atoms with Gasteiger partial charge in [0.25, 0.3) is 5.91 Å². The highest BCUT2D eigenvalue weighted by molar-refractivity contribution is 6.03. The van der Waals surface area contributed by atoms with Gasteiger partial charge in [0.15, 0.2) is 0 Å². The van der Waals surface area contributed by atoms with E-state index in [0.717, 1.165) is 16.8 Å². The molecule has 2 N–H and O–H groups in total. The topological polar surface area (TPSA) is 93.2 Å². The van der Waals surface area contributed by atoms with Gasteiger partial charge in [-0.1, -0.05) is 17.7 Å². The van der Waals surface area contributed by atoms with Gasteiger partial charge in [-0.2, -0.15) is 0 Å². The monoisotopic (exact) mass is 390 g/mol. The van der Waals surface area contributed by atoms with E-state index in [1.54, 1.807) is 37.3 Å². The molecule has 0 aliphatic heterocycles.